The Labute approximate surface area is 128 Å². The maximum Gasteiger partial charge on any atom is 0.184 e. The second-order valence-corrected chi connectivity index (χ2v) is 10.9. The lowest BCUT2D eigenvalue weighted by atomic mass is 9.90. The summed E-state index contributed by atoms with van der Waals surface area (Å²) >= 11 is 0. The van der Waals surface area contributed by atoms with Gasteiger partial charge in [0.2, 0.25) is 0 Å². The molecule has 0 heterocycles. The molecule has 2 rings (SSSR count). The summed E-state index contributed by atoms with van der Waals surface area (Å²) in [6, 6.07) is 7.77. The average Bonchev–Trinajstić information content (AvgIpc) is 2.41. The third-order valence-corrected chi connectivity index (χ3v) is 4.53. The lowest BCUT2D eigenvalue weighted by Gasteiger charge is -2.30. The number of rotatable bonds is 4. The summed E-state index contributed by atoms with van der Waals surface area (Å²) in [4.78, 5) is 12.2. The summed E-state index contributed by atoms with van der Waals surface area (Å²) in [6.45, 7) is 6.56. The predicted molar refractivity (Wildman–Crippen MR) is 88.0 cm³/mol. The van der Waals surface area contributed by atoms with Crippen LogP contribution in [0, 0.1) is 0 Å². The molecule has 1 atom stereocenters. The van der Waals surface area contributed by atoms with Gasteiger partial charge in [-0.05, 0) is 43.8 Å². The maximum absolute atomic E-state index is 12.2. The van der Waals surface area contributed by atoms with Gasteiger partial charge in [-0.3, -0.25) is 4.79 Å². The molecule has 4 heteroatoms. The van der Waals surface area contributed by atoms with E-state index in [0.717, 1.165) is 23.3 Å². The molecule has 21 heavy (non-hydrogen) atoms. The van der Waals surface area contributed by atoms with Crippen molar-refractivity contribution >= 4 is 20.2 Å². The number of ketones is 1. The van der Waals surface area contributed by atoms with Crippen LogP contribution in [0.15, 0.2) is 29.8 Å². The van der Waals surface area contributed by atoms with Crippen LogP contribution in [0.1, 0.15) is 24.8 Å². The Balaban J connectivity index is 2.20. The summed E-state index contributed by atoms with van der Waals surface area (Å²) in [5.74, 6) is 1.03. The number of Topliss-reactive ketones (excluding diaryl/α,β-unsaturated/α-hetero) is 1. The monoisotopic (exact) mass is 304 g/mol. The number of carbonyl (C=O) groups is 1. The van der Waals surface area contributed by atoms with E-state index < -0.39 is 8.32 Å². The zero-order valence-electron chi connectivity index (χ0n) is 13.3. The topological polar surface area (TPSA) is 35.5 Å². The first-order valence-electron chi connectivity index (χ1n) is 7.43. The van der Waals surface area contributed by atoms with Crippen molar-refractivity contribution in [1.82, 2.24) is 0 Å². The van der Waals surface area contributed by atoms with Crippen LogP contribution in [0.4, 0.5) is 0 Å². The van der Waals surface area contributed by atoms with Crippen LogP contribution in [-0.4, -0.2) is 27.3 Å². The standard InChI is InChI=1S/C17H24O3Si/c1-19-17-8-6-5-7-13(17)11-14-12-15(9-10-16(14)18)20-21(2,3)4/h5-8,11,15H,9-10,12H2,1-4H3. The largest absolute Gasteiger partial charge is 0.496 e. The van der Waals surface area contributed by atoms with Crippen LogP contribution in [-0.2, 0) is 9.22 Å². The van der Waals surface area contributed by atoms with Gasteiger partial charge >= 0.3 is 0 Å². The molecule has 0 saturated heterocycles. The van der Waals surface area contributed by atoms with E-state index in [1.54, 1.807) is 7.11 Å². The Morgan fingerprint density at radius 1 is 1.24 bits per heavy atom. The number of hydrogen-bond acceptors (Lipinski definition) is 3. The SMILES string of the molecule is COc1ccccc1C=C1CC(O[Si](C)(C)C)CCC1=O. The first kappa shape index (κ1) is 16.0. The summed E-state index contributed by atoms with van der Waals surface area (Å²) in [5.41, 5.74) is 1.81. The molecule has 0 spiro atoms. The molecule has 1 saturated carbocycles. The fraction of sp³-hybridized carbons (Fsp3) is 0.471. The van der Waals surface area contributed by atoms with Crippen molar-refractivity contribution in [3.8, 4) is 5.75 Å². The smallest absolute Gasteiger partial charge is 0.184 e. The molecule has 0 bridgehead atoms. The van der Waals surface area contributed by atoms with E-state index in [4.69, 9.17) is 9.16 Å². The van der Waals surface area contributed by atoms with Crippen LogP contribution in [0.25, 0.3) is 6.08 Å². The number of carbonyl (C=O) groups excluding carboxylic acids is 1. The summed E-state index contributed by atoms with van der Waals surface area (Å²) in [7, 11) is 0.0807. The quantitative estimate of drug-likeness (QED) is 0.622. The van der Waals surface area contributed by atoms with Gasteiger partial charge in [-0.15, -0.1) is 0 Å². The number of para-hydroxylation sites is 1. The first-order valence-corrected chi connectivity index (χ1v) is 10.8. The van der Waals surface area contributed by atoms with Crippen molar-refractivity contribution in [3.05, 3.63) is 35.4 Å². The number of methoxy groups -OCH3 is 1. The third-order valence-electron chi connectivity index (χ3n) is 3.49. The van der Waals surface area contributed by atoms with Crippen LogP contribution in [0.3, 0.4) is 0 Å². The molecule has 1 aliphatic carbocycles. The fourth-order valence-corrected chi connectivity index (χ4v) is 3.83. The molecule has 0 radical (unpaired) electrons. The van der Waals surface area contributed by atoms with Crippen molar-refractivity contribution in [2.24, 2.45) is 0 Å². The Morgan fingerprint density at radius 3 is 2.62 bits per heavy atom. The van der Waals surface area contributed by atoms with Gasteiger partial charge in [0.05, 0.1) is 7.11 Å². The second-order valence-electron chi connectivity index (χ2n) is 6.43. The Bertz CT molecular complexity index is 543. The van der Waals surface area contributed by atoms with Gasteiger partial charge in [-0.1, -0.05) is 18.2 Å². The fourth-order valence-electron chi connectivity index (χ4n) is 2.63. The van der Waals surface area contributed by atoms with Gasteiger partial charge in [0, 0.05) is 24.5 Å². The highest BCUT2D eigenvalue weighted by Crippen LogP contribution is 2.29. The van der Waals surface area contributed by atoms with Gasteiger partial charge in [-0.2, -0.15) is 0 Å². The van der Waals surface area contributed by atoms with Crippen molar-refractivity contribution < 1.29 is 14.0 Å². The van der Waals surface area contributed by atoms with E-state index in [9.17, 15) is 4.79 Å². The minimum Gasteiger partial charge on any atom is -0.496 e. The van der Waals surface area contributed by atoms with Crippen molar-refractivity contribution in [1.29, 1.82) is 0 Å². The predicted octanol–water partition coefficient (Wildman–Crippen LogP) is 4.05. The Kier molecular flexibility index (Phi) is 5.01. The molecule has 0 aromatic heterocycles. The molecule has 1 aliphatic rings. The van der Waals surface area contributed by atoms with E-state index in [1.165, 1.54) is 0 Å². The molecule has 114 valence electrons. The molecule has 1 unspecified atom stereocenters. The van der Waals surface area contributed by atoms with Crippen molar-refractivity contribution in [2.45, 2.75) is 45.0 Å². The average molecular weight is 304 g/mol. The van der Waals surface area contributed by atoms with E-state index in [0.29, 0.717) is 12.8 Å². The minimum atomic E-state index is -1.57. The lowest BCUT2D eigenvalue weighted by molar-refractivity contribution is -0.117. The van der Waals surface area contributed by atoms with Gasteiger partial charge in [0.1, 0.15) is 5.75 Å². The van der Waals surface area contributed by atoms with E-state index in [1.807, 2.05) is 30.3 Å². The van der Waals surface area contributed by atoms with Crippen LogP contribution in [0.2, 0.25) is 19.6 Å². The molecule has 1 fully saturated rings. The van der Waals surface area contributed by atoms with Crippen LogP contribution >= 0.6 is 0 Å². The lowest BCUT2D eigenvalue weighted by Crippen LogP contribution is -2.35. The molecule has 0 aliphatic heterocycles. The first-order chi connectivity index (χ1) is 9.89. The van der Waals surface area contributed by atoms with E-state index in [-0.39, 0.29) is 11.9 Å². The molecular formula is C17H24O3Si. The Hall–Kier alpha value is -1.39. The zero-order chi connectivity index (χ0) is 15.5. The highest BCUT2D eigenvalue weighted by molar-refractivity contribution is 6.69. The third kappa shape index (κ3) is 4.54. The normalized spacial score (nSPS) is 21.6. The van der Waals surface area contributed by atoms with Crippen LogP contribution in [0.5, 0.6) is 5.75 Å². The molecule has 0 amide bonds. The van der Waals surface area contributed by atoms with Crippen LogP contribution < -0.4 is 4.74 Å². The highest BCUT2D eigenvalue weighted by atomic mass is 28.4. The van der Waals surface area contributed by atoms with E-state index >= 15 is 0 Å². The van der Waals surface area contributed by atoms with Crippen molar-refractivity contribution in [3.63, 3.8) is 0 Å². The second kappa shape index (κ2) is 6.58. The summed E-state index contributed by atoms with van der Waals surface area (Å²) < 4.78 is 11.5. The molecule has 1 aromatic carbocycles. The van der Waals surface area contributed by atoms with Gasteiger partial charge in [0.25, 0.3) is 0 Å². The number of hydrogen-bond donors (Lipinski definition) is 0. The Morgan fingerprint density at radius 2 is 1.95 bits per heavy atom. The molecular weight excluding hydrogens is 280 g/mol. The molecule has 0 N–H and O–H groups in total. The van der Waals surface area contributed by atoms with Gasteiger partial charge < -0.3 is 9.16 Å². The highest BCUT2D eigenvalue weighted by Gasteiger charge is 2.28. The zero-order valence-corrected chi connectivity index (χ0v) is 14.3. The molecule has 3 nitrogen and oxygen atoms in total. The maximum atomic E-state index is 12.2. The summed E-state index contributed by atoms with van der Waals surface area (Å²) in [5, 5.41) is 0. The van der Waals surface area contributed by atoms with E-state index in [2.05, 4.69) is 19.6 Å². The minimum absolute atomic E-state index is 0.176. The summed E-state index contributed by atoms with van der Waals surface area (Å²) in [6.07, 6.45) is 4.26. The van der Waals surface area contributed by atoms with Gasteiger partial charge in [0.15, 0.2) is 14.1 Å². The van der Waals surface area contributed by atoms with Crippen molar-refractivity contribution in [2.75, 3.05) is 7.11 Å². The van der Waals surface area contributed by atoms with Gasteiger partial charge in [-0.25, -0.2) is 0 Å². The number of benzene rings is 1. The molecule has 1 aromatic rings. The number of ether oxygens (including phenoxy) is 1.